The SMILES string of the molecule is CCOc1ccc(C[C@@H](CNC(=O)[C@H]2CCCCN2S(C)(=O)=O)C(N)=O)cc1. The third-order valence-electron chi connectivity index (χ3n) is 4.82. The first-order valence-electron chi connectivity index (χ1n) is 9.48. The molecular formula is C19H29N3O5S. The van der Waals surface area contributed by atoms with E-state index in [0.29, 0.717) is 26.0 Å². The molecule has 1 fully saturated rings. The average Bonchev–Trinajstić information content (AvgIpc) is 2.65. The summed E-state index contributed by atoms with van der Waals surface area (Å²) in [5.41, 5.74) is 6.40. The van der Waals surface area contributed by atoms with Crippen molar-refractivity contribution in [3.8, 4) is 5.75 Å². The van der Waals surface area contributed by atoms with Gasteiger partial charge in [0.05, 0.1) is 18.8 Å². The van der Waals surface area contributed by atoms with Crippen LogP contribution in [0, 0.1) is 5.92 Å². The third kappa shape index (κ3) is 6.20. The van der Waals surface area contributed by atoms with Crippen molar-refractivity contribution in [3.63, 3.8) is 0 Å². The molecule has 9 heteroatoms. The number of rotatable bonds is 9. The molecule has 0 unspecified atom stereocenters. The fraction of sp³-hybridized carbons (Fsp3) is 0.579. The van der Waals surface area contributed by atoms with Crippen molar-refractivity contribution in [1.29, 1.82) is 0 Å². The Morgan fingerprint density at radius 3 is 2.54 bits per heavy atom. The van der Waals surface area contributed by atoms with Gasteiger partial charge in [0.2, 0.25) is 21.8 Å². The lowest BCUT2D eigenvalue weighted by molar-refractivity contribution is -0.126. The second-order valence-corrected chi connectivity index (χ2v) is 8.95. The van der Waals surface area contributed by atoms with Gasteiger partial charge in [-0.2, -0.15) is 4.31 Å². The van der Waals surface area contributed by atoms with Gasteiger partial charge in [0.25, 0.3) is 0 Å². The van der Waals surface area contributed by atoms with Crippen LogP contribution >= 0.6 is 0 Å². The number of sulfonamides is 1. The minimum Gasteiger partial charge on any atom is -0.494 e. The smallest absolute Gasteiger partial charge is 0.238 e. The van der Waals surface area contributed by atoms with Gasteiger partial charge in [-0.3, -0.25) is 9.59 Å². The largest absolute Gasteiger partial charge is 0.494 e. The van der Waals surface area contributed by atoms with E-state index in [4.69, 9.17) is 10.5 Å². The summed E-state index contributed by atoms with van der Waals surface area (Å²) in [4.78, 5) is 24.4. The highest BCUT2D eigenvalue weighted by Crippen LogP contribution is 2.20. The van der Waals surface area contributed by atoms with E-state index < -0.39 is 27.9 Å². The molecule has 0 radical (unpaired) electrons. The molecule has 1 aliphatic rings. The number of primary amides is 1. The first kappa shape index (κ1) is 22.2. The summed E-state index contributed by atoms with van der Waals surface area (Å²) < 4.78 is 30.5. The maximum atomic E-state index is 12.6. The lowest BCUT2D eigenvalue weighted by atomic mass is 9.98. The van der Waals surface area contributed by atoms with Crippen LogP contribution in [-0.4, -0.2) is 56.5 Å². The van der Waals surface area contributed by atoms with Crippen molar-refractivity contribution < 1.29 is 22.7 Å². The minimum atomic E-state index is -3.46. The molecule has 1 heterocycles. The number of piperidine rings is 1. The molecule has 2 amide bonds. The highest BCUT2D eigenvalue weighted by molar-refractivity contribution is 7.88. The zero-order valence-electron chi connectivity index (χ0n) is 16.4. The topological polar surface area (TPSA) is 119 Å². The van der Waals surface area contributed by atoms with Gasteiger partial charge in [-0.25, -0.2) is 8.42 Å². The van der Waals surface area contributed by atoms with Crippen LogP contribution in [0.2, 0.25) is 0 Å². The highest BCUT2D eigenvalue weighted by atomic mass is 32.2. The number of hydrogen-bond donors (Lipinski definition) is 2. The van der Waals surface area contributed by atoms with Gasteiger partial charge in [0.15, 0.2) is 0 Å². The van der Waals surface area contributed by atoms with E-state index in [2.05, 4.69) is 5.32 Å². The quantitative estimate of drug-likeness (QED) is 0.619. The van der Waals surface area contributed by atoms with Crippen LogP contribution in [0.5, 0.6) is 5.75 Å². The number of nitrogens with one attached hydrogen (secondary N) is 1. The molecule has 1 aliphatic heterocycles. The van der Waals surface area contributed by atoms with Crippen LogP contribution in [0.4, 0.5) is 0 Å². The van der Waals surface area contributed by atoms with Crippen molar-refractivity contribution >= 4 is 21.8 Å². The summed E-state index contributed by atoms with van der Waals surface area (Å²) in [5.74, 6) is -0.744. The maximum absolute atomic E-state index is 12.6. The van der Waals surface area contributed by atoms with Gasteiger partial charge in [-0.05, 0) is 43.9 Å². The molecular weight excluding hydrogens is 382 g/mol. The maximum Gasteiger partial charge on any atom is 0.238 e. The van der Waals surface area contributed by atoms with Crippen molar-refractivity contribution in [2.24, 2.45) is 11.7 Å². The minimum absolute atomic E-state index is 0.0650. The Hall–Kier alpha value is -2.13. The third-order valence-corrected chi connectivity index (χ3v) is 6.11. The molecule has 8 nitrogen and oxygen atoms in total. The summed E-state index contributed by atoms with van der Waals surface area (Å²) in [5, 5.41) is 2.72. The Bertz CT molecular complexity index is 779. The van der Waals surface area contributed by atoms with E-state index >= 15 is 0 Å². The van der Waals surface area contributed by atoms with E-state index in [-0.39, 0.29) is 12.5 Å². The Kier molecular flexibility index (Phi) is 7.82. The van der Waals surface area contributed by atoms with Gasteiger partial charge in [-0.1, -0.05) is 18.6 Å². The molecule has 0 spiro atoms. The average molecular weight is 412 g/mol. The molecule has 0 saturated carbocycles. The fourth-order valence-electron chi connectivity index (χ4n) is 3.35. The molecule has 156 valence electrons. The number of nitrogens with zero attached hydrogens (tertiary/aromatic N) is 1. The Balaban J connectivity index is 1.98. The zero-order chi connectivity index (χ0) is 20.7. The second kappa shape index (κ2) is 9.88. The first-order valence-corrected chi connectivity index (χ1v) is 11.3. The number of hydrogen-bond acceptors (Lipinski definition) is 5. The number of amides is 2. The van der Waals surface area contributed by atoms with Crippen LogP contribution in [0.15, 0.2) is 24.3 Å². The predicted octanol–water partition coefficient (Wildman–Crippen LogP) is 0.660. The molecule has 1 saturated heterocycles. The van der Waals surface area contributed by atoms with Gasteiger partial charge in [0.1, 0.15) is 11.8 Å². The van der Waals surface area contributed by atoms with Crippen molar-refractivity contribution in [1.82, 2.24) is 9.62 Å². The molecule has 0 bridgehead atoms. The molecule has 1 aromatic carbocycles. The van der Waals surface area contributed by atoms with E-state index in [1.807, 2.05) is 31.2 Å². The lowest BCUT2D eigenvalue weighted by Gasteiger charge is -2.32. The van der Waals surface area contributed by atoms with Crippen LogP contribution in [-0.2, 0) is 26.0 Å². The number of benzene rings is 1. The Morgan fingerprint density at radius 2 is 1.96 bits per heavy atom. The van der Waals surface area contributed by atoms with E-state index in [0.717, 1.165) is 30.4 Å². The second-order valence-electron chi connectivity index (χ2n) is 7.01. The monoisotopic (exact) mass is 411 g/mol. The zero-order valence-corrected chi connectivity index (χ0v) is 17.2. The highest BCUT2D eigenvalue weighted by Gasteiger charge is 2.34. The molecule has 0 aliphatic carbocycles. The van der Waals surface area contributed by atoms with Crippen LogP contribution < -0.4 is 15.8 Å². The number of carbonyl (C=O) groups excluding carboxylic acids is 2. The molecule has 0 aromatic heterocycles. The molecule has 28 heavy (non-hydrogen) atoms. The summed E-state index contributed by atoms with van der Waals surface area (Å²) in [6.45, 7) is 2.87. The summed E-state index contributed by atoms with van der Waals surface area (Å²) in [6, 6.07) is 6.62. The normalized spacial score (nSPS) is 19.0. The van der Waals surface area contributed by atoms with E-state index in [9.17, 15) is 18.0 Å². The van der Waals surface area contributed by atoms with Gasteiger partial charge < -0.3 is 15.8 Å². The van der Waals surface area contributed by atoms with Crippen LogP contribution in [0.3, 0.4) is 0 Å². The molecule has 2 rings (SSSR count). The van der Waals surface area contributed by atoms with Gasteiger partial charge in [0, 0.05) is 13.1 Å². The van der Waals surface area contributed by atoms with Crippen LogP contribution in [0.1, 0.15) is 31.7 Å². The molecule has 1 aromatic rings. The van der Waals surface area contributed by atoms with Crippen molar-refractivity contribution in [3.05, 3.63) is 29.8 Å². The van der Waals surface area contributed by atoms with E-state index in [1.165, 1.54) is 4.31 Å². The van der Waals surface area contributed by atoms with Crippen molar-refractivity contribution in [2.75, 3.05) is 26.0 Å². The summed E-state index contributed by atoms with van der Waals surface area (Å²) in [7, 11) is -3.46. The summed E-state index contributed by atoms with van der Waals surface area (Å²) in [6.07, 6.45) is 3.48. The van der Waals surface area contributed by atoms with Gasteiger partial charge in [-0.15, -0.1) is 0 Å². The number of carbonyl (C=O) groups is 2. The number of nitrogens with two attached hydrogens (primary N) is 1. The van der Waals surface area contributed by atoms with Crippen LogP contribution in [0.25, 0.3) is 0 Å². The summed E-state index contributed by atoms with van der Waals surface area (Å²) >= 11 is 0. The van der Waals surface area contributed by atoms with Crippen molar-refractivity contribution in [2.45, 2.75) is 38.6 Å². The lowest BCUT2D eigenvalue weighted by Crippen LogP contribution is -2.52. The number of ether oxygens (including phenoxy) is 1. The molecule has 3 N–H and O–H groups in total. The Labute approximate surface area is 166 Å². The first-order chi connectivity index (χ1) is 13.2. The Morgan fingerprint density at radius 1 is 1.29 bits per heavy atom. The fourth-order valence-corrected chi connectivity index (χ4v) is 4.48. The predicted molar refractivity (Wildman–Crippen MR) is 106 cm³/mol. The standard InChI is InChI=1S/C19H29N3O5S/c1-3-27-16-9-7-14(8-10-16)12-15(18(20)23)13-21-19(24)17-6-4-5-11-22(17)28(2,25)26/h7-10,15,17H,3-6,11-13H2,1-2H3,(H2,20,23)(H,21,24)/t15-,17+/m0/s1. The van der Waals surface area contributed by atoms with E-state index in [1.54, 1.807) is 0 Å². The van der Waals surface area contributed by atoms with Gasteiger partial charge >= 0.3 is 0 Å². The molecule has 2 atom stereocenters.